The fourth-order valence-electron chi connectivity index (χ4n) is 2.24. The molecule has 0 radical (unpaired) electrons. The van der Waals surface area contributed by atoms with Crippen LogP contribution >= 0.6 is 11.3 Å². The van der Waals surface area contributed by atoms with E-state index in [1.807, 2.05) is 6.92 Å². The van der Waals surface area contributed by atoms with E-state index in [2.05, 4.69) is 26.8 Å². The van der Waals surface area contributed by atoms with Gasteiger partial charge in [-0.3, -0.25) is 15.0 Å². The molecule has 3 rings (SSSR count). The molecule has 0 aliphatic carbocycles. The number of amides is 1. The van der Waals surface area contributed by atoms with Crippen molar-refractivity contribution in [2.45, 2.75) is 19.9 Å². The molecule has 3 heterocycles. The normalized spacial score (nSPS) is 15.2. The molecule has 1 aliphatic rings. The molecular formula is C13H15N3O2S. The Bertz CT molecular complexity index is 590. The Morgan fingerprint density at radius 1 is 1.63 bits per heavy atom. The topological polar surface area (TPSA) is 58.4 Å². The molecule has 0 atom stereocenters. The number of thiophene rings is 1. The third-order valence-corrected chi connectivity index (χ3v) is 4.17. The molecule has 5 nitrogen and oxygen atoms in total. The minimum Gasteiger partial charge on any atom is -0.338 e. The van der Waals surface area contributed by atoms with Gasteiger partial charge in [-0.1, -0.05) is 5.16 Å². The second-order valence-electron chi connectivity index (χ2n) is 4.71. The summed E-state index contributed by atoms with van der Waals surface area (Å²) in [7, 11) is 0. The fourth-order valence-corrected chi connectivity index (χ4v) is 3.13. The van der Waals surface area contributed by atoms with Crippen molar-refractivity contribution in [1.82, 2.24) is 10.1 Å². The van der Waals surface area contributed by atoms with Crippen molar-refractivity contribution >= 4 is 23.1 Å². The number of fused-ring (bicyclic) bond motifs is 1. The molecule has 0 unspecified atom stereocenters. The van der Waals surface area contributed by atoms with Gasteiger partial charge >= 0.3 is 0 Å². The van der Waals surface area contributed by atoms with Crippen molar-refractivity contribution in [2.75, 3.05) is 18.4 Å². The van der Waals surface area contributed by atoms with E-state index in [1.54, 1.807) is 17.4 Å². The van der Waals surface area contributed by atoms with Crippen molar-refractivity contribution in [3.8, 4) is 0 Å². The Hall–Kier alpha value is -1.66. The van der Waals surface area contributed by atoms with E-state index in [9.17, 15) is 4.79 Å². The summed E-state index contributed by atoms with van der Waals surface area (Å²) in [5, 5.41) is 8.57. The number of rotatable bonds is 3. The maximum absolute atomic E-state index is 11.9. The van der Waals surface area contributed by atoms with Crippen LogP contribution < -0.4 is 5.32 Å². The number of carbonyl (C=O) groups excluding carboxylic acids is 1. The summed E-state index contributed by atoms with van der Waals surface area (Å²) in [5.41, 5.74) is 2.11. The lowest BCUT2D eigenvalue weighted by Crippen LogP contribution is -2.36. The minimum absolute atomic E-state index is 0.0603. The highest BCUT2D eigenvalue weighted by Crippen LogP contribution is 2.23. The summed E-state index contributed by atoms with van der Waals surface area (Å²) in [6, 6.07) is 3.86. The minimum atomic E-state index is -0.0603. The van der Waals surface area contributed by atoms with Crippen molar-refractivity contribution in [1.29, 1.82) is 0 Å². The molecule has 0 fully saturated rings. The van der Waals surface area contributed by atoms with E-state index in [0.29, 0.717) is 12.4 Å². The summed E-state index contributed by atoms with van der Waals surface area (Å²) >= 11 is 1.80. The van der Waals surface area contributed by atoms with E-state index in [-0.39, 0.29) is 5.91 Å². The number of anilines is 1. The summed E-state index contributed by atoms with van der Waals surface area (Å²) < 4.78 is 4.97. The molecule has 0 bridgehead atoms. The maximum atomic E-state index is 11.9. The lowest BCUT2D eigenvalue weighted by molar-refractivity contribution is -0.117. The lowest BCUT2D eigenvalue weighted by Gasteiger charge is -2.25. The average Bonchev–Trinajstić information content (AvgIpc) is 2.97. The van der Waals surface area contributed by atoms with Crippen LogP contribution in [-0.2, 0) is 17.8 Å². The smallest absolute Gasteiger partial charge is 0.240 e. The van der Waals surface area contributed by atoms with Crippen LogP contribution in [0.2, 0.25) is 0 Å². The average molecular weight is 277 g/mol. The molecule has 0 spiro atoms. The number of hydrogen-bond donors (Lipinski definition) is 1. The lowest BCUT2D eigenvalue weighted by atomic mass is 10.1. The molecule has 2 aromatic rings. The van der Waals surface area contributed by atoms with Crippen LogP contribution in [0.1, 0.15) is 16.1 Å². The van der Waals surface area contributed by atoms with Crippen LogP contribution in [0, 0.1) is 6.92 Å². The second-order valence-corrected chi connectivity index (χ2v) is 5.71. The molecule has 2 aromatic heterocycles. The summed E-state index contributed by atoms with van der Waals surface area (Å²) in [5.74, 6) is 0.352. The van der Waals surface area contributed by atoms with Crippen LogP contribution in [0.25, 0.3) is 0 Å². The first-order chi connectivity index (χ1) is 9.20. The zero-order chi connectivity index (χ0) is 13.2. The summed E-state index contributed by atoms with van der Waals surface area (Å²) in [6.45, 7) is 3.98. The van der Waals surface area contributed by atoms with Gasteiger partial charge in [0.2, 0.25) is 11.8 Å². The Labute approximate surface area is 115 Å². The van der Waals surface area contributed by atoms with Crippen LogP contribution in [-0.4, -0.2) is 29.1 Å². The molecule has 1 N–H and O–H groups in total. The van der Waals surface area contributed by atoms with E-state index in [4.69, 9.17) is 4.52 Å². The zero-order valence-corrected chi connectivity index (χ0v) is 11.5. The highest BCUT2D eigenvalue weighted by atomic mass is 32.1. The van der Waals surface area contributed by atoms with Gasteiger partial charge in [0, 0.05) is 24.0 Å². The van der Waals surface area contributed by atoms with Gasteiger partial charge in [-0.25, -0.2) is 0 Å². The largest absolute Gasteiger partial charge is 0.338 e. The number of aromatic nitrogens is 1. The van der Waals surface area contributed by atoms with E-state index < -0.39 is 0 Å². The molecule has 1 amide bonds. The Kier molecular flexibility index (Phi) is 3.35. The SMILES string of the molecule is Cc1cc(NC(=O)CN2CCc3sccc3C2)on1. The van der Waals surface area contributed by atoms with E-state index in [0.717, 1.165) is 25.2 Å². The van der Waals surface area contributed by atoms with Gasteiger partial charge in [-0.2, -0.15) is 0 Å². The van der Waals surface area contributed by atoms with Gasteiger partial charge in [-0.15, -0.1) is 11.3 Å². The Balaban J connectivity index is 1.56. The number of carbonyl (C=O) groups is 1. The predicted octanol–water partition coefficient (Wildman–Crippen LogP) is 2.04. The second kappa shape index (κ2) is 5.14. The molecule has 0 saturated heterocycles. The van der Waals surface area contributed by atoms with Crippen LogP contribution in [0.15, 0.2) is 22.0 Å². The maximum Gasteiger partial charge on any atom is 0.240 e. The third kappa shape index (κ3) is 2.85. The zero-order valence-electron chi connectivity index (χ0n) is 10.7. The number of aryl methyl sites for hydroxylation is 1. The summed E-state index contributed by atoms with van der Waals surface area (Å²) in [6.07, 6.45) is 1.03. The van der Waals surface area contributed by atoms with Crippen molar-refractivity contribution in [3.05, 3.63) is 33.6 Å². The van der Waals surface area contributed by atoms with Crippen molar-refractivity contribution in [2.24, 2.45) is 0 Å². The van der Waals surface area contributed by atoms with Crippen LogP contribution in [0.4, 0.5) is 5.88 Å². The first kappa shape index (κ1) is 12.4. The summed E-state index contributed by atoms with van der Waals surface area (Å²) in [4.78, 5) is 15.5. The first-order valence-electron chi connectivity index (χ1n) is 6.21. The van der Waals surface area contributed by atoms with Crippen LogP contribution in [0.5, 0.6) is 0 Å². The van der Waals surface area contributed by atoms with Gasteiger partial charge in [0.1, 0.15) is 0 Å². The standard InChI is InChI=1S/C13H15N3O2S/c1-9-6-13(18-15-9)14-12(17)8-16-4-2-11-10(7-16)3-5-19-11/h3,5-6H,2,4,7-8H2,1H3,(H,14,17). The Morgan fingerprint density at radius 2 is 2.53 bits per heavy atom. The van der Waals surface area contributed by atoms with Gasteiger partial charge < -0.3 is 4.52 Å². The fraction of sp³-hybridized carbons (Fsp3) is 0.385. The molecule has 0 saturated carbocycles. The third-order valence-electron chi connectivity index (χ3n) is 3.14. The highest BCUT2D eigenvalue weighted by molar-refractivity contribution is 7.10. The first-order valence-corrected chi connectivity index (χ1v) is 7.09. The number of hydrogen-bond acceptors (Lipinski definition) is 5. The van der Waals surface area contributed by atoms with Crippen molar-refractivity contribution < 1.29 is 9.32 Å². The predicted molar refractivity (Wildman–Crippen MR) is 73.2 cm³/mol. The van der Waals surface area contributed by atoms with Gasteiger partial charge in [0.15, 0.2) is 0 Å². The molecular weight excluding hydrogens is 262 g/mol. The molecule has 0 aromatic carbocycles. The van der Waals surface area contributed by atoms with Gasteiger partial charge in [0.05, 0.1) is 12.2 Å². The van der Waals surface area contributed by atoms with E-state index in [1.165, 1.54) is 10.4 Å². The quantitative estimate of drug-likeness (QED) is 0.932. The molecule has 19 heavy (non-hydrogen) atoms. The van der Waals surface area contributed by atoms with Gasteiger partial charge in [0.25, 0.3) is 0 Å². The number of nitrogens with one attached hydrogen (secondary N) is 1. The number of nitrogens with zero attached hydrogens (tertiary/aromatic N) is 2. The van der Waals surface area contributed by atoms with Gasteiger partial charge in [-0.05, 0) is 30.4 Å². The van der Waals surface area contributed by atoms with E-state index >= 15 is 0 Å². The molecule has 1 aliphatic heterocycles. The van der Waals surface area contributed by atoms with Crippen molar-refractivity contribution in [3.63, 3.8) is 0 Å². The Morgan fingerprint density at radius 3 is 3.32 bits per heavy atom. The molecule has 6 heteroatoms. The molecule has 100 valence electrons. The van der Waals surface area contributed by atoms with Crippen LogP contribution in [0.3, 0.4) is 0 Å². The highest BCUT2D eigenvalue weighted by Gasteiger charge is 2.19. The monoisotopic (exact) mass is 277 g/mol.